The average molecular weight is 385 g/mol. The van der Waals surface area contributed by atoms with Crippen molar-refractivity contribution in [2.45, 2.75) is 63.2 Å². The molecule has 0 saturated heterocycles. The Kier molecular flexibility index (Phi) is 15.9. The Morgan fingerprint density at radius 1 is 0.875 bits per heavy atom. The predicted molar refractivity (Wildman–Crippen MR) is 84.7 cm³/mol. The van der Waals surface area contributed by atoms with E-state index in [0.717, 1.165) is 0 Å². The van der Waals surface area contributed by atoms with Crippen molar-refractivity contribution in [1.29, 1.82) is 0 Å². The summed E-state index contributed by atoms with van der Waals surface area (Å²) in [7, 11) is -1.04. The van der Waals surface area contributed by atoms with Crippen LogP contribution in [0.1, 0.15) is 38.5 Å². The monoisotopic (exact) mass is 385 g/mol. The fourth-order valence-corrected chi connectivity index (χ4v) is 2.40. The second-order valence-electron chi connectivity index (χ2n) is 5.41. The van der Waals surface area contributed by atoms with Crippen molar-refractivity contribution in [2.75, 3.05) is 26.5 Å². The third-order valence-corrected chi connectivity index (χ3v) is 3.72. The highest BCUT2D eigenvalue weighted by molar-refractivity contribution is 7.85. The number of alkyl halides is 5. The van der Waals surface area contributed by atoms with Crippen LogP contribution in [-0.4, -0.2) is 64.2 Å². The molecule has 148 valence electrons. The largest absolute Gasteiger partial charge is 0.323 e. The molecule has 0 radical (unpaired) electrons. The molecule has 0 heterocycles. The van der Waals surface area contributed by atoms with Crippen molar-refractivity contribution in [2.24, 2.45) is 0 Å². The van der Waals surface area contributed by atoms with Crippen molar-refractivity contribution in [1.82, 2.24) is 5.32 Å². The molecule has 2 N–H and O–H groups in total. The van der Waals surface area contributed by atoms with Crippen LogP contribution in [0, 0.1) is 0 Å². The van der Waals surface area contributed by atoms with E-state index < -0.39 is 47.2 Å². The second kappa shape index (κ2) is 14.8. The van der Waals surface area contributed by atoms with Gasteiger partial charge in [0.2, 0.25) is 0 Å². The van der Waals surface area contributed by atoms with Crippen LogP contribution in [0.25, 0.3) is 0 Å². The lowest BCUT2D eigenvalue weighted by Gasteiger charge is -2.19. The first-order valence-electron chi connectivity index (χ1n) is 7.76. The highest BCUT2D eigenvalue weighted by Crippen LogP contribution is 2.22. The Morgan fingerprint density at radius 3 is 1.75 bits per heavy atom. The van der Waals surface area contributed by atoms with Crippen LogP contribution in [0.5, 0.6) is 0 Å². The lowest BCUT2D eigenvalue weighted by molar-refractivity contribution is 0.0354. The molecule has 0 aromatic heterocycles. The number of halogens is 5. The second-order valence-corrected chi connectivity index (χ2v) is 6.91. The molecule has 0 aliphatic heterocycles. The van der Waals surface area contributed by atoms with E-state index in [0.29, 0.717) is 25.7 Å². The standard InChI is InChI=1S/C12H21F5O3S.C2H7N/c13-7-5-3-1-2-4-6-9(14)11(16)12(17)10(15)8-21(18,19)20;1-3-2/h9-12H,1-8H2,(H,18,19,20);3H,1-2H3. The summed E-state index contributed by atoms with van der Waals surface area (Å²) in [6.45, 7) is -0.437. The van der Waals surface area contributed by atoms with Crippen molar-refractivity contribution in [3.8, 4) is 0 Å². The van der Waals surface area contributed by atoms with E-state index in [4.69, 9.17) is 4.55 Å². The van der Waals surface area contributed by atoms with Crippen molar-refractivity contribution in [3.05, 3.63) is 0 Å². The molecule has 0 aromatic carbocycles. The molecule has 0 saturated carbocycles. The SMILES string of the molecule is CNC.O=S(=O)(O)CC(F)C(F)C(F)C(F)CCCCCCCF. The number of unbranched alkanes of at least 4 members (excludes halogenated alkanes) is 4. The van der Waals surface area contributed by atoms with Gasteiger partial charge < -0.3 is 5.32 Å². The van der Waals surface area contributed by atoms with E-state index in [1.54, 1.807) is 0 Å². The van der Waals surface area contributed by atoms with Gasteiger partial charge in [-0.25, -0.2) is 17.6 Å². The zero-order chi connectivity index (χ0) is 19.2. The summed E-state index contributed by atoms with van der Waals surface area (Å²) in [5, 5.41) is 2.75. The molecule has 0 fully saturated rings. The summed E-state index contributed by atoms with van der Waals surface area (Å²) in [5.41, 5.74) is 0. The molecule has 0 amide bonds. The first kappa shape index (κ1) is 25.8. The van der Waals surface area contributed by atoms with Crippen LogP contribution >= 0.6 is 0 Å². The lowest BCUT2D eigenvalue weighted by Crippen LogP contribution is -2.38. The van der Waals surface area contributed by atoms with Crippen LogP contribution in [0.4, 0.5) is 22.0 Å². The van der Waals surface area contributed by atoms with E-state index in [1.165, 1.54) is 0 Å². The van der Waals surface area contributed by atoms with Gasteiger partial charge in [-0.05, 0) is 26.9 Å². The van der Waals surface area contributed by atoms with Gasteiger partial charge in [-0.3, -0.25) is 8.94 Å². The fourth-order valence-electron chi connectivity index (χ4n) is 1.82. The first-order valence-corrected chi connectivity index (χ1v) is 9.37. The summed E-state index contributed by atoms with van der Waals surface area (Å²) in [4.78, 5) is 0. The van der Waals surface area contributed by atoms with E-state index in [2.05, 4.69) is 5.32 Å². The van der Waals surface area contributed by atoms with Gasteiger partial charge in [-0.1, -0.05) is 25.7 Å². The van der Waals surface area contributed by atoms with Gasteiger partial charge in [-0.15, -0.1) is 0 Å². The minimum atomic E-state index is -4.79. The topological polar surface area (TPSA) is 66.4 Å². The molecule has 0 aliphatic rings. The average Bonchev–Trinajstić information content (AvgIpc) is 2.48. The normalized spacial score (nSPS) is 16.7. The Bertz CT molecular complexity index is 387. The lowest BCUT2D eigenvalue weighted by atomic mass is 10.0. The summed E-state index contributed by atoms with van der Waals surface area (Å²) >= 11 is 0. The van der Waals surface area contributed by atoms with Gasteiger partial charge in [0, 0.05) is 0 Å². The Balaban J connectivity index is 0. The van der Waals surface area contributed by atoms with Crippen LogP contribution < -0.4 is 5.32 Å². The molecule has 0 aromatic rings. The number of hydrogen-bond acceptors (Lipinski definition) is 3. The minimum absolute atomic E-state index is 0.246. The molecular formula is C14H28F5NO3S. The van der Waals surface area contributed by atoms with E-state index in [-0.39, 0.29) is 12.8 Å². The molecule has 0 bridgehead atoms. The Hall–Kier alpha value is -0.480. The first-order chi connectivity index (χ1) is 11.1. The number of hydrogen-bond donors (Lipinski definition) is 2. The summed E-state index contributed by atoms with van der Waals surface area (Å²) in [6.07, 6.45) is -8.70. The summed E-state index contributed by atoms with van der Waals surface area (Å²) < 4.78 is 93.8. The fraction of sp³-hybridized carbons (Fsp3) is 1.00. The zero-order valence-electron chi connectivity index (χ0n) is 14.0. The summed E-state index contributed by atoms with van der Waals surface area (Å²) in [5.74, 6) is -1.61. The number of nitrogens with one attached hydrogen (secondary N) is 1. The van der Waals surface area contributed by atoms with Gasteiger partial charge in [0.05, 0.1) is 6.67 Å². The molecule has 4 nitrogen and oxygen atoms in total. The van der Waals surface area contributed by atoms with Gasteiger partial charge >= 0.3 is 0 Å². The maximum atomic E-state index is 13.4. The predicted octanol–water partition coefficient (Wildman–Crippen LogP) is 3.37. The van der Waals surface area contributed by atoms with Crippen LogP contribution in [0.2, 0.25) is 0 Å². The van der Waals surface area contributed by atoms with Gasteiger partial charge in [0.15, 0.2) is 18.5 Å². The Labute approximate surface area is 140 Å². The smallest absolute Gasteiger partial charge is 0.267 e. The molecule has 0 spiro atoms. The minimum Gasteiger partial charge on any atom is -0.323 e. The zero-order valence-corrected chi connectivity index (χ0v) is 14.8. The van der Waals surface area contributed by atoms with Crippen LogP contribution in [0.3, 0.4) is 0 Å². The van der Waals surface area contributed by atoms with E-state index in [1.807, 2.05) is 14.1 Å². The maximum Gasteiger partial charge on any atom is 0.267 e. The number of rotatable bonds is 12. The maximum absolute atomic E-state index is 13.4. The van der Waals surface area contributed by atoms with Gasteiger partial charge in [0.1, 0.15) is 11.9 Å². The molecule has 4 unspecified atom stereocenters. The van der Waals surface area contributed by atoms with Crippen molar-refractivity contribution < 1.29 is 34.9 Å². The highest BCUT2D eigenvalue weighted by Gasteiger charge is 2.37. The van der Waals surface area contributed by atoms with Crippen LogP contribution in [0.15, 0.2) is 0 Å². The molecule has 10 heteroatoms. The highest BCUT2D eigenvalue weighted by atomic mass is 32.2. The van der Waals surface area contributed by atoms with Gasteiger partial charge in [0.25, 0.3) is 10.1 Å². The molecule has 0 aliphatic carbocycles. The summed E-state index contributed by atoms with van der Waals surface area (Å²) in [6, 6.07) is 0. The molecule has 4 atom stereocenters. The van der Waals surface area contributed by atoms with Crippen molar-refractivity contribution in [3.63, 3.8) is 0 Å². The third-order valence-electron chi connectivity index (χ3n) is 2.98. The third kappa shape index (κ3) is 15.1. The van der Waals surface area contributed by atoms with Gasteiger partial charge in [-0.2, -0.15) is 8.42 Å². The quantitative estimate of drug-likeness (QED) is 0.307. The van der Waals surface area contributed by atoms with E-state index >= 15 is 0 Å². The molecule has 24 heavy (non-hydrogen) atoms. The Morgan fingerprint density at radius 2 is 1.29 bits per heavy atom. The van der Waals surface area contributed by atoms with E-state index in [9.17, 15) is 30.4 Å². The van der Waals surface area contributed by atoms with Crippen LogP contribution in [-0.2, 0) is 10.1 Å². The molecule has 0 rings (SSSR count). The van der Waals surface area contributed by atoms with Crippen molar-refractivity contribution >= 4 is 10.1 Å². The molecular weight excluding hydrogens is 357 g/mol.